The van der Waals surface area contributed by atoms with E-state index in [0.29, 0.717) is 39.3 Å². The van der Waals surface area contributed by atoms with Gasteiger partial charge in [0, 0.05) is 0 Å². The van der Waals surface area contributed by atoms with Crippen molar-refractivity contribution in [2.24, 2.45) is 0 Å². The van der Waals surface area contributed by atoms with E-state index in [1.807, 2.05) is 6.92 Å². The number of carbonyl (C=O) groups is 2. The van der Waals surface area contributed by atoms with Crippen LogP contribution in [0.5, 0.6) is 17.2 Å². The largest absolute Gasteiger partial charge is 0.490 e. The van der Waals surface area contributed by atoms with E-state index in [1.54, 1.807) is 60.7 Å². The number of hydrogen-bond acceptors (Lipinski definition) is 6. The molecule has 3 aromatic rings. The number of nitrogens with zero attached hydrogens (tertiary/aromatic N) is 1. The van der Waals surface area contributed by atoms with Crippen LogP contribution in [0.2, 0.25) is 5.02 Å². The van der Waals surface area contributed by atoms with Gasteiger partial charge in [-0.15, -0.1) is 0 Å². The van der Waals surface area contributed by atoms with Gasteiger partial charge in [-0.3, -0.25) is 14.5 Å². The van der Waals surface area contributed by atoms with Crippen molar-refractivity contribution in [2.45, 2.75) is 13.5 Å². The Morgan fingerprint density at radius 3 is 2.47 bits per heavy atom. The van der Waals surface area contributed by atoms with Gasteiger partial charge in [0.2, 0.25) is 0 Å². The number of ether oxygens (including phenoxy) is 3. The summed E-state index contributed by atoms with van der Waals surface area (Å²) in [6.45, 7) is 2.75. The van der Waals surface area contributed by atoms with Crippen molar-refractivity contribution >= 4 is 40.6 Å². The molecule has 0 saturated carbocycles. The molecule has 1 saturated heterocycles. The number of carbonyl (C=O) groups excluding carboxylic acids is 2. The Labute approximate surface area is 217 Å². The molecule has 6 nitrogen and oxygen atoms in total. The fourth-order valence-corrected chi connectivity index (χ4v) is 4.45. The highest BCUT2D eigenvalue weighted by Gasteiger charge is 2.34. The van der Waals surface area contributed by atoms with Crippen molar-refractivity contribution in [1.29, 1.82) is 0 Å². The summed E-state index contributed by atoms with van der Waals surface area (Å²) in [6.07, 6.45) is 1.64. The minimum Gasteiger partial charge on any atom is -0.490 e. The molecule has 1 fully saturated rings. The zero-order valence-electron chi connectivity index (χ0n) is 19.4. The summed E-state index contributed by atoms with van der Waals surface area (Å²) in [5.74, 6) is 0.814. The molecule has 36 heavy (non-hydrogen) atoms. The van der Waals surface area contributed by atoms with E-state index in [2.05, 4.69) is 0 Å². The van der Waals surface area contributed by atoms with Gasteiger partial charge in [-0.25, -0.2) is 4.39 Å². The van der Waals surface area contributed by atoms with Crippen LogP contribution in [0.25, 0.3) is 6.08 Å². The number of rotatable bonds is 10. The summed E-state index contributed by atoms with van der Waals surface area (Å²) >= 11 is 6.95. The predicted molar refractivity (Wildman–Crippen MR) is 138 cm³/mol. The minimum atomic E-state index is -0.387. The van der Waals surface area contributed by atoms with Crippen LogP contribution >= 0.6 is 23.4 Å². The first kappa shape index (κ1) is 25.6. The average Bonchev–Trinajstić information content (AvgIpc) is 3.13. The molecule has 0 spiro atoms. The third-order valence-corrected chi connectivity index (χ3v) is 6.38. The zero-order chi connectivity index (χ0) is 25.5. The van der Waals surface area contributed by atoms with Gasteiger partial charge in [0.05, 0.1) is 23.1 Å². The lowest BCUT2D eigenvalue weighted by molar-refractivity contribution is -0.123. The molecule has 0 aromatic heterocycles. The van der Waals surface area contributed by atoms with Gasteiger partial charge in [0.1, 0.15) is 24.8 Å². The maximum atomic E-state index is 13.1. The molecule has 0 N–H and O–H groups in total. The second-order valence-corrected chi connectivity index (χ2v) is 9.07. The van der Waals surface area contributed by atoms with Crippen molar-refractivity contribution in [1.82, 2.24) is 4.90 Å². The summed E-state index contributed by atoms with van der Waals surface area (Å²) in [7, 11) is 0. The average molecular weight is 528 g/mol. The Morgan fingerprint density at radius 1 is 0.944 bits per heavy atom. The highest BCUT2D eigenvalue weighted by Crippen LogP contribution is 2.35. The van der Waals surface area contributed by atoms with Crippen LogP contribution in [0.1, 0.15) is 18.1 Å². The van der Waals surface area contributed by atoms with E-state index < -0.39 is 0 Å². The standard InChI is InChI=1S/C27H23ClFNO5S/c1-2-33-24-15-19(9-12-23(24)35-17-18-7-10-20(29)11-8-18)16-25-26(31)30(27(32)36-25)13-14-34-22-6-4-3-5-21(22)28/h3-12,15-16H,2,13-14,17H2,1H3/b25-16-. The Hall–Kier alpha value is -3.49. The van der Waals surface area contributed by atoms with E-state index >= 15 is 0 Å². The van der Waals surface area contributed by atoms with Crippen molar-refractivity contribution in [3.63, 3.8) is 0 Å². The van der Waals surface area contributed by atoms with Crippen molar-refractivity contribution in [2.75, 3.05) is 19.8 Å². The minimum absolute atomic E-state index is 0.105. The quantitative estimate of drug-likeness (QED) is 0.278. The molecule has 1 heterocycles. The number of imide groups is 1. The smallest absolute Gasteiger partial charge is 0.293 e. The van der Waals surface area contributed by atoms with E-state index in [4.69, 9.17) is 25.8 Å². The Balaban J connectivity index is 1.42. The van der Waals surface area contributed by atoms with Gasteiger partial charge in [0.25, 0.3) is 11.1 Å². The zero-order valence-corrected chi connectivity index (χ0v) is 21.0. The molecule has 1 aliphatic heterocycles. The number of hydrogen-bond donors (Lipinski definition) is 0. The second-order valence-electron chi connectivity index (χ2n) is 7.67. The van der Waals surface area contributed by atoms with Crippen molar-refractivity contribution in [3.8, 4) is 17.2 Å². The maximum absolute atomic E-state index is 13.1. The summed E-state index contributed by atoms with van der Waals surface area (Å²) < 4.78 is 30.3. The van der Waals surface area contributed by atoms with Gasteiger partial charge < -0.3 is 14.2 Å². The third kappa shape index (κ3) is 6.38. The van der Waals surface area contributed by atoms with Gasteiger partial charge >= 0.3 is 0 Å². The van der Waals surface area contributed by atoms with Gasteiger partial charge in [-0.2, -0.15) is 0 Å². The molecule has 0 radical (unpaired) electrons. The Kier molecular flexibility index (Phi) is 8.51. The normalized spacial score (nSPS) is 14.4. The van der Waals surface area contributed by atoms with Crippen LogP contribution < -0.4 is 14.2 Å². The van der Waals surface area contributed by atoms with E-state index in [9.17, 15) is 14.0 Å². The van der Waals surface area contributed by atoms with Crippen LogP contribution in [0, 0.1) is 5.82 Å². The molecule has 1 aliphatic rings. The number of para-hydroxylation sites is 1. The topological polar surface area (TPSA) is 65.1 Å². The first-order valence-corrected chi connectivity index (χ1v) is 12.4. The van der Waals surface area contributed by atoms with Crippen molar-refractivity contribution in [3.05, 3.63) is 93.6 Å². The highest BCUT2D eigenvalue weighted by molar-refractivity contribution is 8.18. The third-order valence-electron chi connectivity index (χ3n) is 5.16. The van der Waals surface area contributed by atoms with Crippen LogP contribution in [-0.2, 0) is 11.4 Å². The summed E-state index contributed by atoms with van der Waals surface area (Å²) in [5, 5.41) is 0.0972. The number of amides is 2. The SMILES string of the molecule is CCOc1cc(/C=C2\SC(=O)N(CCOc3ccccc3Cl)C2=O)ccc1OCc1ccc(F)cc1. The lowest BCUT2D eigenvalue weighted by Gasteiger charge is -2.14. The highest BCUT2D eigenvalue weighted by atomic mass is 35.5. The van der Waals surface area contributed by atoms with Crippen LogP contribution in [-0.4, -0.2) is 35.8 Å². The summed E-state index contributed by atoms with van der Waals surface area (Å²) in [4.78, 5) is 26.7. The molecule has 2 amide bonds. The maximum Gasteiger partial charge on any atom is 0.293 e. The molecule has 0 unspecified atom stereocenters. The van der Waals surface area contributed by atoms with E-state index in [-0.39, 0.29) is 36.7 Å². The molecule has 186 valence electrons. The van der Waals surface area contributed by atoms with E-state index in [1.165, 1.54) is 12.1 Å². The van der Waals surface area contributed by atoms with E-state index in [0.717, 1.165) is 22.2 Å². The summed E-state index contributed by atoms with van der Waals surface area (Å²) in [5.41, 5.74) is 1.50. The molecular formula is C27H23ClFNO5S. The molecule has 0 aliphatic carbocycles. The van der Waals surface area contributed by atoms with Gasteiger partial charge in [-0.1, -0.05) is 41.9 Å². The predicted octanol–water partition coefficient (Wildman–Crippen LogP) is 6.57. The number of benzene rings is 3. The van der Waals surface area contributed by atoms with Crippen LogP contribution in [0.15, 0.2) is 71.6 Å². The van der Waals surface area contributed by atoms with Crippen LogP contribution in [0.4, 0.5) is 9.18 Å². The van der Waals surface area contributed by atoms with Gasteiger partial charge in [-0.05, 0) is 72.3 Å². The lowest BCUT2D eigenvalue weighted by atomic mass is 10.1. The fraction of sp³-hybridized carbons (Fsp3) is 0.185. The van der Waals surface area contributed by atoms with Gasteiger partial charge in [0.15, 0.2) is 11.5 Å². The summed E-state index contributed by atoms with van der Waals surface area (Å²) in [6, 6.07) is 18.3. The first-order chi connectivity index (χ1) is 17.4. The second kappa shape index (κ2) is 12.0. The fourth-order valence-electron chi connectivity index (χ4n) is 3.40. The Morgan fingerprint density at radius 2 is 1.72 bits per heavy atom. The molecule has 0 atom stereocenters. The molecule has 4 rings (SSSR count). The monoisotopic (exact) mass is 527 g/mol. The first-order valence-electron chi connectivity index (χ1n) is 11.2. The molecule has 3 aromatic carbocycles. The van der Waals surface area contributed by atoms with Crippen molar-refractivity contribution < 1.29 is 28.2 Å². The lowest BCUT2D eigenvalue weighted by Crippen LogP contribution is -2.32. The number of halogens is 2. The Bertz CT molecular complexity index is 1280. The molecular weight excluding hydrogens is 505 g/mol. The van der Waals surface area contributed by atoms with Crippen LogP contribution in [0.3, 0.4) is 0 Å². The molecule has 9 heteroatoms. The number of thioether (sulfide) groups is 1. The molecule has 0 bridgehead atoms.